The van der Waals surface area contributed by atoms with Gasteiger partial charge in [0, 0.05) is 63.1 Å². The van der Waals surface area contributed by atoms with Gasteiger partial charge in [-0.3, -0.25) is 0 Å². The van der Waals surface area contributed by atoms with Crippen LogP contribution in [0.25, 0.3) is 110 Å². The van der Waals surface area contributed by atoms with Crippen molar-refractivity contribution < 1.29 is 0 Å². The van der Waals surface area contributed by atoms with E-state index in [0.717, 1.165) is 0 Å². The third-order valence-corrected chi connectivity index (χ3v) is 14.5. The summed E-state index contributed by atoms with van der Waals surface area (Å²) in [7, 11) is 4.41. The molecule has 1 spiro atoms. The first-order valence-electron chi connectivity index (χ1n) is 21.3. The summed E-state index contributed by atoms with van der Waals surface area (Å²) in [6, 6.07) is 64.7. The molecule has 0 radical (unpaired) electrons. The van der Waals surface area contributed by atoms with Crippen molar-refractivity contribution in [3.8, 4) is 44.5 Å². The molecule has 1 saturated carbocycles. The van der Waals surface area contributed by atoms with Crippen molar-refractivity contribution in [2.75, 3.05) is 0 Å². The lowest BCUT2D eigenvalue weighted by Crippen LogP contribution is -2.21. The Morgan fingerprint density at radius 1 is 0.356 bits per heavy atom. The van der Waals surface area contributed by atoms with Crippen LogP contribution >= 0.6 is 0 Å². The summed E-state index contributed by atoms with van der Waals surface area (Å²) >= 11 is 0. The van der Waals surface area contributed by atoms with E-state index in [-0.39, 0.29) is 5.41 Å². The van der Waals surface area contributed by atoms with Gasteiger partial charge in [0.25, 0.3) is 0 Å². The third kappa shape index (κ3) is 4.41. The molecule has 59 heavy (non-hydrogen) atoms. The first-order chi connectivity index (χ1) is 29.1. The Hall–Kier alpha value is -6.90. The van der Waals surface area contributed by atoms with Crippen molar-refractivity contribution in [1.29, 1.82) is 0 Å². The molecule has 0 amide bonds. The molecule has 0 N–H and O–H groups in total. The second-order valence-electron chi connectivity index (χ2n) is 17.2. The maximum Gasteiger partial charge on any atom is 0.0494 e. The van der Waals surface area contributed by atoms with Gasteiger partial charge in [0.1, 0.15) is 0 Å². The van der Waals surface area contributed by atoms with Crippen LogP contribution in [0.1, 0.15) is 36.8 Å². The summed E-state index contributed by atoms with van der Waals surface area (Å²) in [5.74, 6) is 0. The number of fused-ring (bicyclic) bond motifs is 13. The van der Waals surface area contributed by atoms with Crippen LogP contribution in [0.5, 0.6) is 0 Å². The normalized spacial score (nSPS) is 14.5. The third-order valence-electron chi connectivity index (χ3n) is 14.5. The Balaban J connectivity index is 1.14. The van der Waals surface area contributed by atoms with Crippen LogP contribution in [-0.4, -0.2) is 9.13 Å². The van der Waals surface area contributed by atoms with Gasteiger partial charge in [-0.25, -0.2) is 0 Å². The number of aryl methyl sites for hydroxylation is 2. The average Bonchev–Trinajstić information content (AvgIpc) is 4.04. The Kier molecular flexibility index (Phi) is 6.77. The smallest absolute Gasteiger partial charge is 0.0494 e. The molecule has 0 atom stereocenters. The van der Waals surface area contributed by atoms with Gasteiger partial charge in [-0.05, 0) is 120 Å². The van der Waals surface area contributed by atoms with Crippen molar-refractivity contribution in [2.24, 2.45) is 14.1 Å². The summed E-state index contributed by atoms with van der Waals surface area (Å²) in [5.41, 5.74) is 18.7. The zero-order valence-electron chi connectivity index (χ0n) is 33.4. The fourth-order valence-corrected chi connectivity index (χ4v) is 11.9. The molecule has 9 aromatic carbocycles. The maximum absolute atomic E-state index is 2.51. The minimum atomic E-state index is 0.0331. The SMILES string of the molecule is Cn1c2ccccc2c2ccc(-c3cccc4c(-c5cccc6c5C5(CCCC5)c5ccccc5-6)c5cccc(-c6ccc7c8ccccc8n(C)c7c6)c5cc34)cc21. The van der Waals surface area contributed by atoms with Gasteiger partial charge in [0.2, 0.25) is 0 Å². The number of para-hydroxylation sites is 2. The molecular formula is C57H42N2. The Bertz CT molecular complexity index is 3410. The van der Waals surface area contributed by atoms with E-state index >= 15 is 0 Å². The van der Waals surface area contributed by atoms with E-state index in [1.807, 2.05) is 0 Å². The van der Waals surface area contributed by atoms with Gasteiger partial charge in [-0.15, -0.1) is 0 Å². The van der Waals surface area contributed by atoms with Crippen molar-refractivity contribution in [3.63, 3.8) is 0 Å². The highest BCUT2D eigenvalue weighted by Gasteiger charge is 2.46. The highest BCUT2D eigenvalue weighted by molar-refractivity contribution is 6.21. The summed E-state index contributed by atoms with van der Waals surface area (Å²) in [5, 5.41) is 10.4. The quantitative estimate of drug-likeness (QED) is 0.159. The molecule has 2 aromatic heterocycles. The Morgan fingerprint density at radius 3 is 1.42 bits per heavy atom. The lowest BCUT2D eigenvalue weighted by atomic mass is 9.73. The van der Waals surface area contributed by atoms with Crippen molar-refractivity contribution in [2.45, 2.75) is 31.1 Å². The van der Waals surface area contributed by atoms with Crippen LogP contribution in [0.3, 0.4) is 0 Å². The highest BCUT2D eigenvalue weighted by Crippen LogP contribution is 2.60. The van der Waals surface area contributed by atoms with E-state index in [1.54, 1.807) is 0 Å². The number of rotatable bonds is 3. The monoisotopic (exact) mass is 754 g/mol. The van der Waals surface area contributed by atoms with Gasteiger partial charge in [0.15, 0.2) is 0 Å². The Labute approximate surface area is 343 Å². The molecule has 11 aromatic rings. The second-order valence-corrected chi connectivity index (χ2v) is 17.2. The molecule has 280 valence electrons. The summed E-state index contributed by atoms with van der Waals surface area (Å²) in [6.45, 7) is 0. The lowest BCUT2D eigenvalue weighted by Gasteiger charge is -2.30. The van der Waals surface area contributed by atoms with Gasteiger partial charge in [0.05, 0.1) is 0 Å². The topological polar surface area (TPSA) is 9.86 Å². The van der Waals surface area contributed by atoms with Gasteiger partial charge in [-0.1, -0.05) is 152 Å². The number of benzene rings is 9. The first kappa shape index (κ1) is 33.1. The Morgan fingerprint density at radius 2 is 0.814 bits per heavy atom. The molecular weight excluding hydrogens is 713 g/mol. The van der Waals surface area contributed by atoms with E-state index < -0.39 is 0 Å². The predicted octanol–water partition coefficient (Wildman–Crippen LogP) is 15.1. The first-order valence-corrected chi connectivity index (χ1v) is 21.3. The molecule has 0 bridgehead atoms. The molecule has 0 unspecified atom stereocenters. The van der Waals surface area contributed by atoms with Gasteiger partial charge >= 0.3 is 0 Å². The van der Waals surface area contributed by atoms with E-state index in [0.29, 0.717) is 0 Å². The van der Waals surface area contributed by atoms with Crippen molar-refractivity contribution >= 4 is 65.2 Å². The van der Waals surface area contributed by atoms with Crippen LogP contribution in [0.4, 0.5) is 0 Å². The summed E-state index contributed by atoms with van der Waals surface area (Å²) < 4.78 is 4.71. The minimum absolute atomic E-state index is 0.0331. The van der Waals surface area contributed by atoms with Gasteiger partial charge < -0.3 is 9.13 Å². The van der Waals surface area contributed by atoms with Crippen LogP contribution in [-0.2, 0) is 19.5 Å². The molecule has 13 rings (SSSR count). The zero-order chi connectivity index (χ0) is 39.0. The van der Waals surface area contributed by atoms with Crippen LogP contribution < -0.4 is 0 Å². The van der Waals surface area contributed by atoms with Crippen molar-refractivity contribution in [3.05, 3.63) is 181 Å². The molecule has 2 heteroatoms. The number of hydrogen-bond donors (Lipinski definition) is 0. The number of nitrogens with zero attached hydrogens (tertiary/aromatic N) is 2. The predicted molar refractivity (Wildman–Crippen MR) is 250 cm³/mol. The minimum Gasteiger partial charge on any atom is -0.344 e. The fourth-order valence-electron chi connectivity index (χ4n) is 11.9. The average molecular weight is 755 g/mol. The van der Waals surface area contributed by atoms with Crippen LogP contribution in [0.2, 0.25) is 0 Å². The molecule has 2 aliphatic rings. The van der Waals surface area contributed by atoms with E-state index in [9.17, 15) is 0 Å². The summed E-state index contributed by atoms with van der Waals surface area (Å²) in [4.78, 5) is 0. The summed E-state index contributed by atoms with van der Waals surface area (Å²) in [6.07, 6.45) is 4.92. The molecule has 1 fully saturated rings. The van der Waals surface area contributed by atoms with Crippen molar-refractivity contribution in [1.82, 2.24) is 9.13 Å². The maximum atomic E-state index is 2.51. The van der Waals surface area contributed by atoms with Gasteiger partial charge in [-0.2, -0.15) is 0 Å². The molecule has 0 saturated heterocycles. The van der Waals surface area contributed by atoms with Crippen LogP contribution in [0.15, 0.2) is 170 Å². The lowest BCUT2D eigenvalue weighted by molar-refractivity contribution is 0.551. The van der Waals surface area contributed by atoms with E-state index in [2.05, 4.69) is 193 Å². The number of aromatic nitrogens is 2. The highest BCUT2D eigenvalue weighted by atomic mass is 14.9. The second kappa shape index (κ2) is 12.1. The number of hydrogen-bond acceptors (Lipinski definition) is 0. The van der Waals surface area contributed by atoms with E-state index in [1.165, 1.54) is 146 Å². The molecule has 2 nitrogen and oxygen atoms in total. The standard InChI is InChI=1S/C57H42N2/c1-58-51-24-7-4-15-40(51)42-28-26-35(32-53(42)58)37-17-11-19-44-48(37)34-49-38(36-27-29-43-41-16-5-8-25-52(41)59(2)54(43)33-36)18-12-20-45(49)55(44)47-22-13-21-46-39-14-3-6-23-50(39)57(56(46)47)30-9-10-31-57/h3-8,11-29,32-34H,9-10,30-31H2,1-2H3. The largest absolute Gasteiger partial charge is 0.344 e. The fraction of sp³-hybridized carbons (Fsp3) is 0.123. The molecule has 2 heterocycles. The zero-order valence-corrected chi connectivity index (χ0v) is 33.4. The van der Waals surface area contributed by atoms with Crippen LogP contribution in [0, 0.1) is 0 Å². The van der Waals surface area contributed by atoms with E-state index in [4.69, 9.17) is 0 Å². The molecule has 2 aliphatic carbocycles. The molecule has 0 aliphatic heterocycles.